The van der Waals surface area contributed by atoms with E-state index in [9.17, 15) is 15.0 Å². The monoisotopic (exact) mass is 394 g/mol. The number of para-hydroxylation sites is 2. The summed E-state index contributed by atoms with van der Waals surface area (Å²) in [5, 5.41) is 21.1. The molecule has 3 heteroatoms. The Labute approximate surface area is 175 Å². The zero-order valence-corrected chi connectivity index (χ0v) is 16.3. The van der Waals surface area contributed by atoms with Crippen LogP contribution in [0.15, 0.2) is 109 Å². The first-order chi connectivity index (χ1) is 14.7. The Morgan fingerprint density at radius 3 is 1.20 bits per heavy atom. The van der Waals surface area contributed by atoms with Crippen LogP contribution in [0.5, 0.6) is 11.5 Å². The lowest BCUT2D eigenvalue weighted by Gasteiger charge is -2.25. The maximum absolute atomic E-state index is 14.1. The molecule has 148 valence electrons. The molecular formula is C27H22O3. The lowest BCUT2D eigenvalue weighted by molar-refractivity contribution is -0.120. The summed E-state index contributed by atoms with van der Waals surface area (Å²) in [6.45, 7) is 0. The van der Waals surface area contributed by atoms with Crippen LogP contribution in [-0.2, 0) is 4.79 Å². The van der Waals surface area contributed by atoms with Gasteiger partial charge in [0.2, 0.25) is 0 Å². The minimum Gasteiger partial charge on any atom is -0.508 e. The van der Waals surface area contributed by atoms with E-state index in [0.29, 0.717) is 11.1 Å². The first-order valence-electron chi connectivity index (χ1n) is 9.86. The number of hydrogen-bond donors (Lipinski definition) is 2. The number of aromatic hydroxyl groups is 2. The van der Waals surface area contributed by atoms with Gasteiger partial charge in [0.15, 0.2) is 5.78 Å². The van der Waals surface area contributed by atoms with Crippen LogP contribution in [0.25, 0.3) is 0 Å². The molecule has 0 fully saturated rings. The Balaban J connectivity index is 1.91. The Bertz CT molecular complexity index is 1050. The first-order valence-corrected chi connectivity index (χ1v) is 9.86. The molecule has 0 aliphatic rings. The van der Waals surface area contributed by atoms with E-state index in [2.05, 4.69) is 0 Å². The van der Waals surface area contributed by atoms with Crippen LogP contribution in [0.3, 0.4) is 0 Å². The van der Waals surface area contributed by atoms with Gasteiger partial charge in [0.05, 0.1) is 11.8 Å². The molecule has 0 saturated heterocycles. The standard InChI is InChI=1S/C27H22O3/c28-23-17-9-7-15-21(23)25(19-11-3-1-4-12-19)27(30)26(20-13-5-2-6-14-20)22-16-8-10-18-24(22)29/h1-18,25-26,28-29H. The van der Waals surface area contributed by atoms with Crippen molar-refractivity contribution in [3.8, 4) is 11.5 Å². The van der Waals surface area contributed by atoms with E-state index < -0.39 is 11.8 Å². The lowest BCUT2D eigenvalue weighted by Crippen LogP contribution is -2.23. The molecule has 0 radical (unpaired) electrons. The summed E-state index contributed by atoms with van der Waals surface area (Å²) in [5.41, 5.74) is 2.68. The highest BCUT2D eigenvalue weighted by Gasteiger charge is 2.34. The molecule has 2 unspecified atom stereocenters. The number of benzene rings is 4. The molecule has 0 aliphatic carbocycles. The number of Topliss-reactive ketones (excluding diaryl/α,β-unsaturated/α-hetero) is 1. The number of hydrogen-bond acceptors (Lipinski definition) is 3. The third-order valence-corrected chi connectivity index (χ3v) is 5.33. The van der Waals surface area contributed by atoms with E-state index >= 15 is 0 Å². The van der Waals surface area contributed by atoms with Crippen LogP contribution in [0.2, 0.25) is 0 Å². The molecule has 3 nitrogen and oxygen atoms in total. The largest absolute Gasteiger partial charge is 0.508 e. The van der Waals surface area contributed by atoms with Gasteiger partial charge in [0.1, 0.15) is 11.5 Å². The van der Waals surface area contributed by atoms with Crippen molar-refractivity contribution < 1.29 is 15.0 Å². The van der Waals surface area contributed by atoms with Crippen molar-refractivity contribution >= 4 is 5.78 Å². The summed E-state index contributed by atoms with van der Waals surface area (Å²) in [5.74, 6) is -1.34. The van der Waals surface area contributed by atoms with Gasteiger partial charge in [-0.15, -0.1) is 0 Å². The molecule has 0 bridgehead atoms. The molecule has 30 heavy (non-hydrogen) atoms. The second kappa shape index (κ2) is 8.66. The molecule has 0 heterocycles. The molecule has 0 amide bonds. The maximum atomic E-state index is 14.1. The van der Waals surface area contributed by atoms with Crippen molar-refractivity contribution in [2.75, 3.05) is 0 Å². The van der Waals surface area contributed by atoms with Crippen molar-refractivity contribution in [3.05, 3.63) is 131 Å². The molecule has 0 spiro atoms. The lowest BCUT2D eigenvalue weighted by atomic mass is 9.76. The van der Waals surface area contributed by atoms with Gasteiger partial charge in [0.25, 0.3) is 0 Å². The second-order valence-electron chi connectivity index (χ2n) is 7.21. The number of carbonyl (C=O) groups excluding carboxylic acids is 1. The molecule has 0 aromatic heterocycles. The van der Waals surface area contributed by atoms with Crippen LogP contribution in [0.4, 0.5) is 0 Å². The van der Waals surface area contributed by atoms with Crippen molar-refractivity contribution in [3.63, 3.8) is 0 Å². The van der Waals surface area contributed by atoms with Gasteiger partial charge in [-0.25, -0.2) is 0 Å². The van der Waals surface area contributed by atoms with Gasteiger partial charge in [-0.1, -0.05) is 97.1 Å². The summed E-state index contributed by atoms with van der Waals surface area (Å²) < 4.78 is 0. The van der Waals surface area contributed by atoms with Crippen molar-refractivity contribution in [2.45, 2.75) is 11.8 Å². The highest BCUT2D eigenvalue weighted by Crippen LogP contribution is 2.40. The molecule has 4 aromatic rings. The average Bonchev–Trinajstić information content (AvgIpc) is 2.78. The highest BCUT2D eigenvalue weighted by molar-refractivity contribution is 5.97. The zero-order valence-electron chi connectivity index (χ0n) is 16.3. The number of ketones is 1. The molecule has 2 atom stereocenters. The summed E-state index contributed by atoms with van der Waals surface area (Å²) in [6, 6.07) is 32.7. The predicted molar refractivity (Wildman–Crippen MR) is 118 cm³/mol. The van der Waals surface area contributed by atoms with Crippen LogP contribution < -0.4 is 0 Å². The fourth-order valence-electron chi connectivity index (χ4n) is 3.92. The Kier molecular flexibility index (Phi) is 5.62. The number of phenols is 2. The van der Waals surface area contributed by atoms with Crippen LogP contribution in [0, 0.1) is 0 Å². The van der Waals surface area contributed by atoms with Gasteiger partial charge >= 0.3 is 0 Å². The third-order valence-electron chi connectivity index (χ3n) is 5.33. The molecule has 0 saturated carbocycles. The van der Waals surface area contributed by atoms with E-state index in [1.54, 1.807) is 36.4 Å². The summed E-state index contributed by atoms with van der Waals surface area (Å²) in [4.78, 5) is 14.1. The van der Waals surface area contributed by atoms with Gasteiger partial charge in [-0.3, -0.25) is 4.79 Å². The van der Waals surface area contributed by atoms with Crippen molar-refractivity contribution in [1.29, 1.82) is 0 Å². The number of phenolic OH excluding ortho intramolecular Hbond substituents is 2. The Hall–Kier alpha value is -3.85. The molecular weight excluding hydrogens is 372 g/mol. The maximum Gasteiger partial charge on any atom is 0.156 e. The van der Waals surface area contributed by atoms with E-state index in [1.165, 1.54) is 0 Å². The van der Waals surface area contributed by atoms with Crippen LogP contribution in [-0.4, -0.2) is 16.0 Å². The van der Waals surface area contributed by atoms with Gasteiger partial charge in [-0.2, -0.15) is 0 Å². The highest BCUT2D eigenvalue weighted by atomic mass is 16.3. The predicted octanol–water partition coefficient (Wildman–Crippen LogP) is 5.63. The second-order valence-corrected chi connectivity index (χ2v) is 7.21. The quantitative estimate of drug-likeness (QED) is 0.445. The topological polar surface area (TPSA) is 57.5 Å². The summed E-state index contributed by atoms with van der Waals surface area (Å²) in [6.07, 6.45) is 0. The normalized spacial score (nSPS) is 12.8. The number of carbonyl (C=O) groups is 1. The molecule has 4 rings (SSSR count). The third kappa shape index (κ3) is 3.83. The average molecular weight is 394 g/mol. The van der Waals surface area contributed by atoms with Crippen molar-refractivity contribution in [2.24, 2.45) is 0 Å². The Morgan fingerprint density at radius 2 is 0.833 bits per heavy atom. The van der Waals surface area contributed by atoms with Crippen molar-refractivity contribution in [1.82, 2.24) is 0 Å². The number of rotatable bonds is 6. The van der Waals surface area contributed by atoms with Crippen LogP contribution >= 0.6 is 0 Å². The zero-order chi connectivity index (χ0) is 20.9. The minimum atomic E-state index is -0.683. The molecule has 4 aromatic carbocycles. The first kappa shape index (κ1) is 19.5. The fourth-order valence-corrected chi connectivity index (χ4v) is 3.92. The van der Waals surface area contributed by atoms with E-state index in [-0.39, 0.29) is 17.3 Å². The minimum absolute atomic E-state index is 0.0730. The smallest absolute Gasteiger partial charge is 0.156 e. The van der Waals surface area contributed by atoms with E-state index in [1.807, 2.05) is 72.8 Å². The Morgan fingerprint density at radius 1 is 0.500 bits per heavy atom. The van der Waals surface area contributed by atoms with E-state index in [4.69, 9.17) is 0 Å². The van der Waals surface area contributed by atoms with Gasteiger partial charge in [0, 0.05) is 11.1 Å². The molecule has 0 aliphatic heterocycles. The summed E-state index contributed by atoms with van der Waals surface area (Å²) >= 11 is 0. The fraction of sp³-hybridized carbons (Fsp3) is 0.0741. The van der Waals surface area contributed by atoms with E-state index in [0.717, 1.165) is 11.1 Å². The van der Waals surface area contributed by atoms with Gasteiger partial charge < -0.3 is 10.2 Å². The van der Waals surface area contributed by atoms with Crippen LogP contribution in [0.1, 0.15) is 34.1 Å². The molecule has 2 N–H and O–H groups in total. The summed E-state index contributed by atoms with van der Waals surface area (Å²) in [7, 11) is 0. The van der Waals surface area contributed by atoms with Gasteiger partial charge in [-0.05, 0) is 23.3 Å². The SMILES string of the molecule is O=C(C(c1ccccc1)c1ccccc1O)C(c1ccccc1)c1ccccc1O.